The van der Waals surface area contributed by atoms with E-state index in [9.17, 15) is 0 Å². The van der Waals surface area contributed by atoms with Gasteiger partial charge in [-0.3, -0.25) is 0 Å². The summed E-state index contributed by atoms with van der Waals surface area (Å²) >= 11 is 0. The smallest absolute Gasteiger partial charge is 3.00 e. The van der Waals surface area contributed by atoms with Crippen molar-refractivity contribution in [1.82, 2.24) is 0 Å². The van der Waals surface area contributed by atoms with E-state index in [2.05, 4.69) is 0 Å². The van der Waals surface area contributed by atoms with Crippen LogP contribution in [0, 0.1) is 0 Å². The topological polar surface area (TPSA) is 69.2 Å². The molecule has 0 N–H and O–H groups in total. The second kappa shape index (κ2) is 2.93. The molecule has 0 fully saturated rings. The number of hydrogen-bond donors (Lipinski definition) is 0. The molecule has 0 unspecified atom stereocenters. The van der Waals surface area contributed by atoms with E-state index in [-0.39, 0.29) is 17.4 Å². The molecule has 0 heterocycles. The summed E-state index contributed by atoms with van der Waals surface area (Å²) in [5.41, 5.74) is 0. The van der Waals surface area contributed by atoms with E-state index in [0.717, 1.165) is 0 Å². The number of hydrogen-bond acceptors (Lipinski definition) is 3. The molecule has 0 aliphatic carbocycles. The Kier molecular flexibility index (Phi) is 4.86. The van der Waals surface area contributed by atoms with Gasteiger partial charge in [0, 0.05) is 0 Å². The Balaban J connectivity index is 0. The van der Waals surface area contributed by atoms with Crippen LogP contribution in [0.3, 0.4) is 0 Å². The Morgan fingerprint density at radius 2 is 1.17 bits per heavy atom. The van der Waals surface area contributed by atoms with Crippen LogP contribution in [-0.2, 0) is 0 Å². The van der Waals surface area contributed by atoms with Crippen LogP contribution in [0.1, 0.15) is 0 Å². The van der Waals surface area contributed by atoms with Crippen molar-refractivity contribution in [1.29, 1.82) is 0 Å². The van der Waals surface area contributed by atoms with Gasteiger partial charge in [-0.1, -0.05) is 0 Å². The van der Waals surface area contributed by atoms with E-state index in [1.807, 2.05) is 0 Å². The molecule has 0 amide bonds. The predicted octanol–water partition coefficient (Wildman–Crippen LogP) is -3.19. The quantitative estimate of drug-likeness (QED) is 0.251. The molecule has 0 spiro atoms. The van der Waals surface area contributed by atoms with Crippen molar-refractivity contribution in [3.8, 4) is 0 Å². The van der Waals surface area contributed by atoms with Gasteiger partial charge in [-0.25, -0.2) is 0 Å². The van der Waals surface area contributed by atoms with Crippen LogP contribution in [0.5, 0.6) is 0 Å². The van der Waals surface area contributed by atoms with Crippen LogP contribution in [-0.4, -0.2) is 24.0 Å². The largest absolute Gasteiger partial charge is 3.00 e. The monoisotopic (exact) mass is 122 g/mol. The van der Waals surface area contributed by atoms with Gasteiger partial charge in [0.1, 0.15) is 0 Å². The molecule has 0 saturated carbocycles. The number of rotatable bonds is 0. The van der Waals surface area contributed by atoms with E-state index in [1.165, 1.54) is 0 Å². The Hall–Kier alpha value is 0.842. The molecule has 0 bridgehead atoms. The van der Waals surface area contributed by atoms with Gasteiger partial charge in [-0.05, 0) is 0 Å². The van der Waals surface area contributed by atoms with E-state index in [0.29, 0.717) is 6.66 Å². The van der Waals surface area contributed by atoms with Crippen molar-refractivity contribution in [2.24, 2.45) is 0 Å². The third-order valence-electron chi connectivity index (χ3n) is 0. The zero-order chi connectivity index (χ0) is 4.50. The molecule has 0 aromatic heterocycles. The van der Waals surface area contributed by atoms with E-state index < -0.39 is 7.94 Å². The summed E-state index contributed by atoms with van der Waals surface area (Å²) in [4.78, 5) is 27.4. The molecule has 0 aliphatic rings. The standard InChI is InChI=1S/CH4O3P.Al/c1-5(2,3)4;/h5H,1H3;/q-3;+3. The second-order valence-corrected chi connectivity index (χ2v) is 2.59. The average molecular weight is 122 g/mol. The Labute approximate surface area is 47.3 Å². The van der Waals surface area contributed by atoms with Gasteiger partial charge < -0.3 is 0 Å². The molecule has 0 radical (unpaired) electrons. The maximum Gasteiger partial charge on any atom is 3.00 e. The van der Waals surface area contributed by atoms with E-state index in [1.54, 1.807) is 0 Å². The van der Waals surface area contributed by atoms with Crippen molar-refractivity contribution in [2.45, 2.75) is 0 Å². The Morgan fingerprint density at radius 3 is 1.17 bits per heavy atom. The first-order chi connectivity index (χ1) is 2.00. The van der Waals surface area contributed by atoms with Gasteiger partial charge >= 0.3 is 46.6 Å². The van der Waals surface area contributed by atoms with Crippen molar-refractivity contribution >= 4 is 25.3 Å². The average Bonchev–Trinajstić information content (AvgIpc) is 0.722. The predicted molar refractivity (Wildman–Crippen MR) is 20.0 cm³/mol. The zero-order valence-electron chi connectivity index (χ0n) is 3.30. The summed E-state index contributed by atoms with van der Waals surface area (Å²) in [6, 6.07) is 0. The molecule has 0 aliphatic heterocycles. The molecule has 0 aromatic carbocycles. The summed E-state index contributed by atoms with van der Waals surface area (Å²) in [5, 5.41) is 0. The van der Waals surface area contributed by atoms with Crippen LogP contribution in [0.25, 0.3) is 0 Å². The molecule has 5 heteroatoms. The van der Waals surface area contributed by atoms with Crippen molar-refractivity contribution in [3.63, 3.8) is 0 Å². The Bertz CT molecular complexity index is 26.3. The molecular formula is CH4AlO3P. The SMILES string of the molecule is C[PH]([O-])([O-])[O-].[Al+3]. The fourth-order valence-corrected chi connectivity index (χ4v) is 0. The van der Waals surface area contributed by atoms with E-state index in [4.69, 9.17) is 14.7 Å². The van der Waals surface area contributed by atoms with Crippen molar-refractivity contribution < 1.29 is 14.7 Å². The van der Waals surface area contributed by atoms with Crippen molar-refractivity contribution in [3.05, 3.63) is 0 Å². The fourth-order valence-electron chi connectivity index (χ4n) is 0. The van der Waals surface area contributed by atoms with Crippen molar-refractivity contribution in [2.75, 3.05) is 6.66 Å². The molecular weight excluding hydrogens is 118 g/mol. The van der Waals surface area contributed by atoms with E-state index >= 15 is 0 Å². The fraction of sp³-hybridized carbons (Fsp3) is 1.00. The summed E-state index contributed by atoms with van der Waals surface area (Å²) < 4.78 is 0. The molecule has 0 atom stereocenters. The molecule has 0 rings (SSSR count). The molecule has 3 nitrogen and oxygen atoms in total. The normalized spacial score (nSPS) is 12.7. The van der Waals surface area contributed by atoms with Gasteiger partial charge in [0.15, 0.2) is 0 Å². The van der Waals surface area contributed by atoms with Gasteiger partial charge in [0.25, 0.3) is 0 Å². The summed E-state index contributed by atoms with van der Waals surface area (Å²) in [7, 11) is -4.36. The van der Waals surface area contributed by atoms with Crippen LogP contribution in [0.2, 0.25) is 0 Å². The maximum atomic E-state index is 9.13. The first-order valence-electron chi connectivity index (χ1n) is 1.11. The van der Waals surface area contributed by atoms with Gasteiger partial charge in [0.2, 0.25) is 0 Å². The summed E-state index contributed by atoms with van der Waals surface area (Å²) in [6.07, 6.45) is 0. The molecule has 6 heavy (non-hydrogen) atoms. The van der Waals surface area contributed by atoms with Crippen LogP contribution < -0.4 is 14.7 Å². The molecule has 0 saturated heterocycles. The zero-order valence-corrected chi connectivity index (χ0v) is 5.46. The minimum Gasteiger partial charge on any atom is 3.00 e. The first-order valence-corrected chi connectivity index (χ1v) is 3.34. The van der Waals surface area contributed by atoms with Crippen LogP contribution >= 0.6 is 7.94 Å². The van der Waals surface area contributed by atoms with Gasteiger partial charge in [-0.15, -0.1) is 0 Å². The van der Waals surface area contributed by atoms with Crippen LogP contribution in [0.4, 0.5) is 0 Å². The molecule has 34 valence electrons. The van der Waals surface area contributed by atoms with Crippen LogP contribution in [0.15, 0.2) is 0 Å². The third kappa shape index (κ3) is 101. The minimum absolute atomic E-state index is 0. The third-order valence-corrected chi connectivity index (χ3v) is 0. The van der Waals surface area contributed by atoms with Gasteiger partial charge in [0.05, 0.1) is 0 Å². The Morgan fingerprint density at radius 1 is 1.17 bits per heavy atom. The van der Waals surface area contributed by atoms with Gasteiger partial charge in [-0.2, -0.15) is 0 Å². The summed E-state index contributed by atoms with van der Waals surface area (Å²) in [5.74, 6) is 0. The summed E-state index contributed by atoms with van der Waals surface area (Å²) in [6.45, 7) is 0.660. The minimum atomic E-state index is -4.36. The first kappa shape index (κ1) is 9.96. The maximum absolute atomic E-state index is 9.13. The molecule has 0 aromatic rings. The second-order valence-electron chi connectivity index (χ2n) is 0.862.